The molecule has 0 saturated carbocycles. The molecule has 1 rings (SSSR count). The van der Waals surface area contributed by atoms with Crippen LogP contribution in [0.15, 0.2) is 16.6 Å². The van der Waals surface area contributed by atoms with Crippen LogP contribution >= 0.6 is 27.5 Å². The highest BCUT2D eigenvalue weighted by Gasteiger charge is 2.11. The molecule has 0 aliphatic heterocycles. The smallest absolute Gasteiger partial charge is 0.188 e. The van der Waals surface area contributed by atoms with Crippen molar-refractivity contribution in [2.45, 2.75) is 0 Å². The molecule has 0 bridgehead atoms. The second-order valence-corrected chi connectivity index (χ2v) is 3.46. The summed E-state index contributed by atoms with van der Waals surface area (Å²) in [6, 6.07) is 2.78. The van der Waals surface area contributed by atoms with Crippen LogP contribution in [0.25, 0.3) is 0 Å². The highest BCUT2D eigenvalue weighted by Crippen LogP contribution is 2.34. The van der Waals surface area contributed by atoms with Crippen molar-refractivity contribution >= 4 is 27.5 Å². The van der Waals surface area contributed by atoms with E-state index in [2.05, 4.69) is 20.7 Å². The summed E-state index contributed by atoms with van der Waals surface area (Å²) in [5.74, 6) is -0.264. The van der Waals surface area contributed by atoms with Crippen molar-refractivity contribution in [1.82, 2.24) is 0 Å². The van der Waals surface area contributed by atoms with Gasteiger partial charge < -0.3 is 9.47 Å². The fraction of sp³-hybridized carbons (Fsp3) is 0.250. The molecule has 13 heavy (non-hydrogen) atoms. The van der Waals surface area contributed by atoms with E-state index in [1.165, 1.54) is 19.2 Å². The van der Waals surface area contributed by atoms with Crippen LogP contribution < -0.4 is 4.74 Å². The van der Waals surface area contributed by atoms with Gasteiger partial charge in [0.15, 0.2) is 12.5 Å². The predicted molar refractivity (Wildman–Crippen MR) is 51.6 cm³/mol. The number of hydrogen-bond donors (Lipinski definition) is 0. The summed E-state index contributed by atoms with van der Waals surface area (Å²) in [6.07, 6.45) is 0. The fourth-order valence-electron chi connectivity index (χ4n) is 0.759. The fourth-order valence-corrected chi connectivity index (χ4v) is 1.54. The first-order valence-corrected chi connectivity index (χ1v) is 4.59. The van der Waals surface area contributed by atoms with Gasteiger partial charge >= 0.3 is 0 Å². The van der Waals surface area contributed by atoms with Crippen LogP contribution in [-0.4, -0.2) is 13.9 Å². The van der Waals surface area contributed by atoms with Crippen molar-refractivity contribution in [3.63, 3.8) is 0 Å². The van der Waals surface area contributed by atoms with Gasteiger partial charge in [0.1, 0.15) is 10.8 Å². The minimum atomic E-state index is -0.518. The average Bonchev–Trinajstić information content (AvgIpc) is 2.12. The summed E-state index contributed by atoms with van der Waals surface area (Å²) in [5, 5.41) is -0.0496. The van der Waals surface area contributed by atoms with E-state index in [1.807, 2.05) is 0 Å². The van der Waals surface area contributed by atoms with Gasteiger partial charge in [0, 0.05) is 7.11 Å². The number of rotatable bonds is 3. The normalized spacial score (nSPS) is 10.2. The van der Waals surface area contributed by atoms with Crippen molar-refractivity contribution in [2.24, 2.45) is 0 Å². The summed E-state index contributed by atoms with van der Waals surface area (Å²) in [7, 11) is 1.47. The summed E-state index contributed by atoms with van der Waals surface area (Å²) in [6.45, 7) is 0.0295. The van der Waals surface area contributed by atoms with Crippen molar-refractivity contribution in [1.29, 1.82) is 0 Å². The van der Waals surface area contributed by atoms with Crippen LogP contribution in [0.5, 0.6) is 5.75 Å². The first-order chi connectivity index (χ1) is 6.16. The second kappa shape index (κ2) is 4.79. The van der Waals surface area contributed by atoms with Gasteiger partial charge in [0.2, 0.25) is 0 Å². The topological polar surface area (TPSA) is 18.5 Å². The van der Waals surface area contributed by atoms with E-state index in [0.717, 1.165) is 0 Å². The Hall–Kier alpha value is -0.320. The number of halogens is 3. The molecule has 0 fully saturated rings. The van der Waals surface area contributed by atoms with E-state index in [9.17, 15) is 4.39 Å². The average molecular weight is 269 g/mol. The second-order valence-electron chi connectivity index (χ2n) is 2.22. The summed E-state index contributed by atoms with van der Waals surface area (Å²) < 4.78 is 23.2. The van der Waals surface area contributed by atoms with Crippen molar-refractivity contribution in [2.75, 3.05) is 13.9 Å². The maximum atomic E-state index is 12.9. The molecule has 0 atom stereocenters. The van der Waals surface area contributed by atoms with Crippen molar-refractivity contribution in [3.8, 4) is 5.75 Å². The quantitative estimate of drug-likeness (QED) is 0.619. The molecule has 5 heteroatoms. The Bertz CT molecular complexity index is 306. The molecule has 0 saturated heterocycles. The Kier molecular flexibility index (Phi) is 3.96. The van der Waals surface area contributed by atoms with Gasteiger partial charge in [-0.15, -0.1) is 0 Å². The van der Waals surface area contributed by atoms with E-state index < -0.39 is 5.82 Å². The highest BCUT2D eigenvalue weighted by atomic mass is 79.9. The standard InChI is InChI=1S/C8H7BrClFO2/c1-12-4-13-8-5(9)2-3-6(11)7(8)10/h2-3H,4H2,1H3. The van der Waals surface area contributed by atoms with Gasteiger partial charge in [-0.25, -0.2) is 4.39 Å². The Morgan fingerprint density at radius 2 is 2.23 bits per heavy atom. The molecular weight excluding hydrogens is 262 g/mol. The third-order valence-electron chi connectivity index (χ3n) is 1.32. The van der Waals surface area contributed by atoms with E-state index in [1.54, 1.807) is 0 Å². The van der Waals surface area contributed by atoms with Gasteiger partial charge in [0.05, 0.1) is 4.47 Å². The molecule has 1 aromatic rings. The minimum Gasteiger partial charge on any atom is -0.465 e. The van der Waals surface area contributed by atoms with Crippen LogP contribution in [0.3, 0.4) is 0 Å². The number of benzene rings is 1. The Morgan fingerprint density at radius 1 is 1.54 bits per heavy atom. The molecule has 0 unspecified atom stereocenters. The molecule has 2 nitrogen and oxygen atoms in total. The molecule has 0 aromatic heterocycles. The Balaban J connectivity index is 2.96. The maximum absolute atomic E-state index is 12.9. The van der Waals surface area contributed by atoms with E-state index in [-0.39, 0.29) is 17.6 Å². The van der Waals surface area contributed by atoms with Gasteiger partial charge in [-0.05, 0) is 28.1 Å². The lowest BCUT2D eigenvalue weighted by atomic mass is 10.3. The predicted octanol–water partition coefficient (Wildman–Crippen LogP) is 3.22. The summed E-state index contributed by atoms with van der Waals surface area (Å²) in [5.41, 5.74) is 0. The largest absolute Gasteiger partial charge is 0.465 e. The van der Waals surface area contributed by atoms with E-state index >= 15 is 0 Å². The SMILES string of the molecule is COCOc1c(Br)ccc(F)c1Cl. The number of hydrogen-bond acceptors (Lipinski definition) is 2. The zero-order valence-corrected chi connectivity index (χ0v) is 9.15. The third-order valence-corrected chi connectivity index (χ3v) is 2.30. The number of methoxy groups -OCH3 is 1. The lowest BCUT2D eigenvalue weighted by molar-refractivity contribution is 0.0504. The molecule has 0 N–H and O–H groups in total. The Labute approximate surface area is 88.7 Å². The van der Waals surface area contributed by atoms with Gasteiger partial charge in [0.25, 0.3) is 0 Å². The van der Waals surface area contributed by atoms with Crippen LogP contribution in [0.4, 0.5) is 4.39 Å². The minimum absolute atomic E-state index is 0.0295. The molecule has 72 valence electrons. The van der Waals surface area contributed by atoms with E-state index in [0.29, 0.717) is 4.47 Å². The molecule has 0 aliphatic carbocycles. The van der Waals surface area contributed by atoms with Crippen molar-refractivity contribution in [3.05, 3.63) is 27.4 Å². The summed E-state index contributed by atoms with van der Waals surface area (Å²) in [4.78, 5) is 0. The van der Waals surface area contributed by atoms with Crippen LogP contribution in [0.1, 0.15) is 0 Å². The molecule has 0 aliphatic rings. The molecular formula is C8H7BrClFO2. The summed E-state index contributed by atoms with van der Waals surface area (Å²) >= 11 is 8.83. The van der Waals surface area contributed by atoms with Crippen LogP contribution in [-0.2, 0) is 4.74 Å². The third kappa shape index (κ3) is 2.56. The Morgan fingerprint density at radius 3 is 2.85 bits per heavy atom. The van der Waals surface area contributed by atoms with E-state index in [4.69, 9.17) is 16.3 Å². The van der Waals surface area contributed by atoms with Crippen molar-refractivity contribution < 1.29 is 13.9 Å². The van der Waals surface area contributed by atoms with Crippen LogP contribution in [0.2, 0.25) is 5.02 Å². The molecule has 0 amide bonds. The zero-order valence-electron chi connectivity index (χ0n) is 6.81. The van der Waals surface area contributed by atoms with Gasteiger partial charge in [-0.2, -0.15) is 0 Å². The monoisotopic (exact) mass is 268 g/mol. The van der Waals surface area contributed by atoms with Gasteiger partial charge in [-0.3, -0.25) is 0 Å². The number of ether oxygens (including phenoxy) is 2. The molecule has 0 spiro atoms. The highest BCUT2D eigenvalue weighted by molar-refractivity contribution is 9.10. The first-order valence-electron chi connectivity index (χ1n) is 3.42. The lowest BCUT2D eigenvalue weighted by Crippen LogP contribution is -2.00. The molecule has 0 radical (unpaired) electrons. The first kappa shape index (κ1) is 10.8. The van der Waals surface area contributed by atoms with Crippen LogP contribution in [0, 0.1) is 5.82 Å². The van der Waals surface area contributed by atoms with Gasteiger partial charge in [-0.1, -0.05) is 11.6 Å². The molecule has 0 heterocycles. The molecule has 1 aromatic carbocycles. The zero-order chi connectivity index (χ0) is 9.84. The lowest BCUT2D eigenvalue weighted by Gasteiger charge is -2.08. The maximum Gasteiger partial charge on any atom is 0.188 e.